The normalized spacial score (nSPS) is 21.4. The highest BCUT2D eigenvalue weighted by Crippen LogP contribution is 2.57. The maximum absolute atomic E-state index is 13.0. The third kappa shape index (κ3) is 38.5. The van der Waals surface area contributed by atoms with Crippen molar-refractivity contribution >= 4 is 93.1 Å². The molecule has 5 fully saturated rings. The van der Waals surface area contributed by atoms with E-state index in [4.69, 9.17) is 24.4 Å². The fourth-order valence-electron chi connectivity index (χ4n) is 11.6. The molecular weight excluding hydrogens is 1460 g/mol. The van der Waals surface area contributed by atoms with Crippen LogP contribution in [-0.2, 0) is 52.6 Å². The van der Waals surface area contributed by atoms with Crippen LogP contribution in [0.3, 0.4) is 0 Å². The number of hydrogen-bond acceptors (Lipinski definition) is 22. The Labute approximate surface area is 652 Å². The van der Waals surface area contributed by atoms with Crippen LogP contribution in [0.1, 0.15) is 176 Å². The van der Waals surface area contributed by atoms with Gasteiger partial charge < -0.3 is 74.7 Å². The first-order valence-corrected chi connectivity index (χ1v) is 37.6. The van der Waals surface area contributed by atoms with Gasteiger partial charge in [-0.15, -0.1) is 26.3 Å². The number of nitro groups is 1. The molecule has 4 heterocycles. The van der Waals surface area contributed by atoms with Crippen molar-refractivity contribution in [3.63, 3.8) is 0 Å². The number of non-ortho nitro benzene ring substituents is 1. The number of carboxylic acid groups (broad SMARTS) is 2. The molecule has 1 aliphatic carbocycles. The lowest BCUT2D eigenvalue weighted by Crippen LogP contribution is -2.48. The average Bonchev–Trinajstić information content (AvgIpc) is 1.58. The number of aliphatic hydroxyl groups is 4. The van der Waals surface area contributed by atoms with Crippen molar-refractivity contribution in [3.05, 3.63) is 90.6 Å². The molecule has 0 bridgehead atoms. The molecule has 4 aliphatic heterocycles. The second kappa shape index (κ2) is 51.5. The number of nitrogens with one attached hydrogen (secondary N) is 1. The van der Waals surface area contributed by atoms with Gasteiger partial charge in [-0.05, 0) is 180 Å². The summed E-state index contributed by atoms with van der Waals surface area (Å²) in [6, 6.07) is 2.17. The lowest BCUT2D eigenvalue weighted by molar-refractivity contribution is -0.384. The van der Waals surface area contributed by atoms with Crippen LogP contribution in [0, 0.1) is 21.4 Å². The summed E-state index contributed by atoms with van der Waals surface area (Å²) < 4.78 is 15.6. The van der Waals surface area contributed by atoms with Crippen LogP contribution in [0.4, 0.5) is 15.3 Å². The molecule has 618 valence electrons. The number of rotatable bonds is 30. The minimum absolute atomic E-state index is 0.00583. The Hall–Kier alpha value is -7.91. The molecule has 1 saturated carbocycles. The Morgan fingerprint density at radius 1 is 0.596 bits per heavy atom. The molecule has 10 atom stereocenters. The molecule has 6 amide bonds. The van der Waals surface area contributed by atoms with Crippen molar-refractivity contribution in [1.82, 2.24) is 39.6 Å². The van der Waals surface area contributed by atoms with Gasteiger partial charge in [0.05, 0.1) is 66.1 Å². The number of unbranched alkanes of at least 4 members (excludes halogenated alkanes) is 6. The van der Waals surface area contributed by atoms with Crippen LogP contribution in [0.2, 0.25) is 0 Å². The van der Waals surface area contributed by atoms with Crippen LogP contribution >= 0.6 is 23.2 Å². The zero-order valence-electron chi connectivity index (χ0n) is 66.1. The number of aliphatic hydroxyl groups excluding tert-OH is 4. The summed E-state index contributed by atoms with van der Waals surface area (Å²) in [6.45, 7) is 40.1. The van der Waals surface area contributed by atoms with Gasteiger partial charge in [-0.1, -0.05) is 45.1 Å². The summed E-state index contributed by atoms with van der Waals surface area (Å²) in [7, 11) is 5.27. The van der Waals surface area contributed by atoms with Crippen LogP contribution in [0.25, 0.3) is 0 Å². The monoisotopic (exact) mass is 1580 g/mol. The van der Waals surface area contributed by atoms with Gasteiger partial charge in [0.15, 0.2) is 0 Å². The zero-order valence-corrected chi connectivity index (χ0v) is 67.6. The van der Waals surface area contributed by atoms with Crippen LogP contribution in [-0.4, -0.2) is 287 Å². The van der Waals surface area contributed by atoms with E-state index >= 15 is 0 Å². The number of nitrogens with zero attached hydrogens (tertiary/aromatic N) is 8. The van der Waals surface area contributed by atoms with E-state index < -0.39 is 92.6 Å². The van der Waals surface area contributed by atoms with E-state index in [1.54, 1.807) is 83.3 Å². The lowest BCUT2D eigenvalue weighted by atomic mass is 9.97. The van der Waals surface area contributed by atoms with E-state index in [2.05, 4.69) is 80.5 Å². The SMILES string of the molecule is C=CCCCCN(C)C(=O)[C@@H]1C[C@@H](O)CN1C(=O)C[C@]1(C(=O)OCC)C[C@H]1C=C.C=CCCCCN(C)C(=O)[C@H]1C[C@@H](O)CN1.C=CCCCCN(C)C(=O)[C@H]1C[C@@H](O)CN1C(=O)OC(C)(C)C.CC(C)(C)OC(=O)N1C[C@H](O)C[C@@H]1C(=O)O.CCN(CC)CC.O=C(Cl)C(=O)Cl.O=C(O)c1ccc([N+](=O)[O-])cc1. The molecule has 0 radical (unpaired) electrons. The van der Waals surface area contributed by atoms with E-state index in [0.29, 0.717) is 32.5 Å². The number of aliphatic carboxylic acids is 1. The number of aromatic carboxylic acids is 1. The Morgan fingerprint density at radius 2 is 0.982 bits per heavy atom. The summed E-state index contributed by atoms with van der Waals surface area (Å²) in [6.07, 6.45) is 13.6. The Morgan fingerprint density at radius 3 is 1.29 bits per heavy atom. The summed E-state index contributed by atoms with van der Waals surface area (Å²) in [5, 5.41) is 66.9. The largest absolute Gasteiger partial charge is 0.480 e. The molecule has 1 aromatic carbocycles. The maximum atomic E-state index is 13.0. The first kappa shape index (κ1) is 101. The molecule has 4 saturated heterocycles. The average molecular weight is 1590 g/mol. The molecule has 0 spiro atoms. The summed E-state index contributed by atoms with van der Waals surface area (Å²) in [4.78, 5) is 148. The first-order valence-electron chi connectivity index (χ1n) is 36.8. The van der Waals surface area contributed by atoms with Crippen molar-refractivity contribution in [3.8, 4) is 0 Å². The molecule has 109 heavy (non-hydrogen) atoms. The highest BCUT2D eigenvalue weighted by atomic mass is 35.5. The van der Waals surface area contributed by atoms with Gasteiger partial charge in [0.1, 0.15) is 29.3 Å². The number of allylic oxidation sites excluding steroid dienone is 4. The summed E-state index contributed by atoms with van der Waals surface area (Å²) in [5.41, 5.74) is -2.25. The van der Waals surface area contributed by atoms with Crippen molar-refractivity contribution in [2.24, 2.45) is 11.3 Å². The Kier molecular flexibility index (Phi) is 47.8. The predicted octanol–water partition coefficient (Wildman–Crippen LogP) is 8.20. The molecule has 1 aromatic rings. The molecular formula is C76H123Cl2N9O22. The number of carbonyl (C=O) groups is 11. The Bertz CT molecular complexity index is 3060. The highest BCUT2D eigenvalue weighted by Gasteiger charge is 2.61. The Balaban J connectivity index is 0.00000132. The first-order chi connectivity index (χ1) is 50.9. The number of halogens is 2. The number of carboxylic acids is 2. The van der Waals surface area contributed by atoms with E-state index in [1.807, 2.05) is 25.3 Å². The summed E-state index contributed by atoms with van der Waals surface area (Å²) >= 11 is 8.98. The lowest BCUT2D eigenvalue weighted by Gasteiger charge is -2.30. The van der Waals surface area contributed by atoms with Crippen LogP contribution < -0.4 is 5.32 Å². The molecule has 33 heteroatoms. The zero-order chi connectivity index (χ0) is 83.7. The van der Waals surface area contributed by atoms with Gasteiger partial charge in [0.25, 0.3) is 5.69 Å². The van der Waals surface area contributed by atoms with Gasteiger partial charge in [-0.3, -0.25) is 53.5 Å². The second-order valence-electron chi connectivity index (χ2n) is 28.7. The van der Waals surface area contributed by atoms with E-state index in [1.165, 1.54) is 41.6 Å². The van der Waals surface area contributed by atoms with Crippen molar-refractivity contribution in [2.75, 3.05) is 93.2 Å². The number of β-amino-alcohol motifs (C(OH)–C–C–N with tert-alkyl or cyclic N) is 4. The number of ether oxygens (including phenoxy) is 3. The van der Waals surface area contributed by atoms with Crippen molar-refractivity contribution < 1.29 is 103 Å². The smallest absolute Gasteiger partial charge is 0.411 e. The molecule has 31 nitrogen and oxygen atoms in total. The molecule has 0 unspecified atom stereocenters. The van der Waals surface area contributed by atoms with E-state index in [0.717, 1.165) is 81.4 Å². The van der Waals surface area contributed by atoms with Gasteiger partial charge in [-0.25, -0.2) is 19.2 Å². The van der Waals surface area contributed by atoms with Crippen LogP contribution in [0.15, 0.2) is 74.9 Å². The third-order valence-electron chi connectivity index (χ3n) is 17.6. The van der Waals surface area contributed by atoms with Crippen LogP contribution in [0.5, 0.6) is 0 Å². The quantitative estimate of drug-likeness (QED) is 0.00557. The highest BCUT2D eigenvalue weighted by molar-refractivity contribution is 6.97. The molecule has 5 aliphatic rings. The number of carbonyl (C=O) groups excluding carboxylic acids is 9. The third-order valence-corrected chi connectivity index (χ3v) is 18.1. The van der Waals surface area contributed by atoms with Crippen molar-refractivity contribution in [1.29, 1.82) is 0 Å². The number of benzene rings is 1. The second-order valence-corrected chi connectivity index (χ2v) is 29.4. The number of amides is 6. The van der Waals surface area contributed by atoms with E-state index in [9.17, 15) is 83.3 Å². The van der Waals surface area contributed by atoms with Gasteiger partial charge >= 0.3 is 40.6 Å². The molecule has 6 rings (SSSR count). The number of hydrogen-bond donors (Lipinski definition) is 7. The number of likely N-dealkylation sites (N-methyl/N-ethyl adjacent to an activating group) is 3. The minimum Gasteiger partial charge on any atom is -0.480 e. The fraction of sp³-hybridized carbons (Fsp3) is 0.671. The van der Waals surface area contributed by atoms with Gasteiger partial charge in [-0.2, -0.15) is 0 Å². The minimum atomic E-state index is -1.14. The maximum Gasteiger partial charge on any atom is 0.411 e. The van der Waals surface area contributed by atoms with Gasteiger partial charge in [0.2, 0.25) is 23.6 Å². The standard InChI is InChI=1S/C22H34N2O5.C17H30N2O4.C12H22N2O2.C10H17NO5.C7H5NO4.C6H15N.C2Cl2O2/c1-5-8-9-10-11-23(4)20(27)18-12-17(25)15-24(18)19(26)14-22(13-16(22)6-2)21(28)29-7-3;1-6-7-8-9-10-18(5)15(21)14-11-13(20)12-19(14)16(22)23-17(2,3)4;1-3-4-5-6-7-14(2)12(16)11-8-10(15)9-13-11;1-10(2,3)16-9(15)11-5-6(12)4-7(11)8(13)14;9-7(10)5-1-3-6(4-2-5)8(11)12;1-4-7(5-2)6-3;3-1(5)2(4)6/h5-6,16-18,25H,1-2,7-15H2,3-4H3;6,13-14,20H,1,7-12H2,2-5H3;3,10-11,13,15H,1,4-9H2,2H3;6-7,12H,4-5H2,1-3H3,(H,13,14);1-4H,(H,9,10);4-6H2,1-3H3;/t16-,17-,18+,22-;13-,14-;10-,11-;6-,7-;;;/m1111.../s1. The topological polar surface area (TPSA) is 415 Å². The number of likely N-dealkylation sites (tertiary alicyclic amines) is 3. The predicted molar refractivity (Wildman–Crippen MR) is 413 cm³/mol. The fourth-order valence-corrected chi connectivity index (χ4v) is 11.6. The molecule has 0 aromatic heterocycles. The number of nitro benzene ring substituents is 1. The summed E-state index contributed by atoms with van der Waals surface area (Å²) in [5.74, 6) is -3.22. The number of esters is 1. The van der Waals surface area contributed by atoms with Gasteiger partial charge in [0, 0.05) is 91.7 Å². The van der Waals surface area contributed by atoms with Crippen molar-refractivity contribution in [2.45, 2.75) is 225 Å². The van der Waals surface area contributed by atoms with E-state index in [-0.39, 0.29) is 111 Å². The molecule has 7 N–H and O–H groups in total.